The molecule has 1 aliphatic rings. The van der Waals surface area contributed by atoms with Crippen molar-refractivity contribution in [1.29, 1.82) is 0 Å². The molecule has 1 amide bonds. The van der Waals surface area contributed by atoms with Crippen molar-refractivity contribution in [3.05, 3.63) is 36.0 Å². The Morgan fingerprint density at radius 2 is 2.23 bits per heavy atom. The van der Waals surface area contributed by atoms with Crippen LogP contribution in [0.3, 0.4) is 0 Å². The number of pyridine rings is 1. The van der Waals surface area contributed by atoms with Gasteiger partial charge in [0.15, 0.2) is 0 Å². The zero-order chi connectivity index (χ0) is 15.5. The normalized spacial score (nSPS) is 19.1. The van der Waals surface area contributed by atoms with Gasteiger partial charge in [-0.2, -0.15) is 0 Å². The second-order valence-electron chi connectivity index (χ2n) is 5.81. The molecule has 0 spiro atoms. The van der Waals surface area contributed by atoms with Crippen molar-refractivity contribution in [3.63, 3.8) is 0 Å². The predicted molar refractivity (Wildman–Crippen MR) is 86.3 cm³/mol. The lowest BCUT2D eigenvalue weighted by Crippen LogP contribution is -2.46. The fourth-order valence-electron chi connectivity index (χ4n) is 2.98. The topological polar surface area (TPSA) is 54.5 Å². The summed E-state index contributed by atoms with van der Waals surface area (Å²) < 4.78 is 5.33. The van der Waals surface area contributed by atoms with Crippen molar-refractivity contribution >= 4 is 16.7 Å². The summed E-state index contributed by atoms with van der Waals surface area (Å²) in [6.45, 7) is 1.98. The van der Waals surface area contributed by atoms with Crippen molar-refractivity contribution in [3.8, 4) is 5.88 Å². The summed E-state index contributed by atoms with van der Waals surface area (Å²) in [5, 5.41) is 4.96. The predicted octanol–water partition coefficient (Wildman–Crippen LogP) is 2.07. The van der Waals surface area contributed by atoms with E-state index in [1.54, 1.807) is 7.11 Å². The number of methoxy groups -OCH3 is 1. The van der Waals surface area contributed by atoms with Gasteiger partial charge in [0, 0.05) is 18.0 Å². The number of nitrogens with zero attached hydrogens (tertiary/aromatic N) is 2. The Balaban J connectivity index is 1.84. The number of hydrogen-bond donors (Lipinski definition) is 1. The molecule has 0 unspecified atom stereocenters. The van der Waals surface area contributed by atoms with Crippen LogP contribution in [0.15, 0.2) is 30.3 Å². The van der Waals surface area contributed by atoms with Gasteiger partial charge < -0.3 is 15.0 Å². The van der Waals surface area contributed by atoms with Crippen molar-refractivity contribution in [2.45, 2.75) is 18.9 Å². The third kappa shape index (κ3) is 3.04. The molecule has 5 heteroatoms. The maximum atomic E-state index is 12.5. The first-order valence-electron chi connectivity index (χ1n) is 7.60. The molecule has 2 aromatic rings. The van der Waals surface area contributed by atoms with E-state index in [9.17, 15) is 4.79 Å². The summed E-state index contributed by atoms with van der Waals surface area (Å²) in [6, 6.07) is 9.79. The average molecular weight is 299 g/mol. The van der Waals surface area contributed by atoms with Gasteiger partial charge in [-0.15, -0.1) is 0 Å². The second-order valence-corrected chi connectivity index (χ2v) is 5.81. The van der Waals surface area contributed by atoms with E-state index in [1.165, 1.54) is 0 Å². The number of carbonyl (C=O) groups excluding carboxylic acids is 1. The number of rotatable bonds is 3. The number of ether oxygens (including phenoxy) is 1. The quantitative estimate of drug-likeness (QED) is 0.942. The first-order valence-corrected chi connectivity index (χ1v) is 7.60. The minimum Gasteiger partial charge on any atom is -0.481 e. The van der Waals surface area contributed by atoms with E-state index in [2.05, 4.69) is 22.2 Å². The molecule has 1 saturated heterocycles. The van der Waals surface area contributed by atoms with E-state index >= 15 is 0 Å². The monoisotopic (exact) mass is 299 g/mol. The van der Waals surface area contributed by atoms with Gasteiger partial charge in [-0.1, -0.05) is 18.2 Å². The average Bonchev–Trinajstić information content (AvgIpc) is 2.53. The number of carbonyl (C=O) groups is 1. The molecule has 2 heterocycles. The van der Waals surface area contributed by atoms with Gasteiger partial charge in [-0.3, -0.25) is 4.79 Å². The third-order valence-corrected chi connectivity index (χ3v) is 4.09. The molecule has 1 fully saturated rings. The largest absolute Gasteiger partial charge is 0.481 e. The Kier molecular flexibility index (Phi) is 4.24. The summed E-state index contributed by atoms with van der Waals surface area (Å²) in [5.41, 5.74) is 0.406. The fraction of sp³-hybridized carbons (Fsp3) is 0.412. The van der Waals surface area contributed by atoms with Crippen LogP contribution in [0.5, 0.6) is 5.88 Å². The first kappa shape index (κ1) is 14.8. The maximum Gasteiger partial charge on any atom is 0.270 e. The van der Waals surface area contributed by atoms with Crippen molar-refractivity contribution in [2.75, 3.05) is 27.2 Å². The van der Waals surface area contributed by atoms with E-state index in [0.717, 1.165) is 36.7 Å². The Morgan fingerprint density at radius 1 is 1.41 bits per heavy atom. The van der Waals surface area contributed by atoms with E-state index < -0.39 is 0 Å². The van der Waals surface area contributed by atoms with Crippen LogP contribution < -0.4 is 10.1 Å². The first-order chi connectivity index (χ1) is 10.7. The van der Waals surface area contributed by atoms with Gasteiger partial charge in [0.2, 0.25) is 5.88 Å². The summed E-state index contributed by atoms with van der Waals surface area (Å²) in [5.74, 6) is 0.355. The fourth-order valence-corrected chi connectivity index (χ4v) is 2.98. The second kappa shape index (κ2) is 6.32. The minimum absolute atomic E-state index is 0.135. The molecule has 116 valence electrons. The Labute approximate surface area is 130 Å². The SMILES string of the molecule is COc1nc(C(=O)N[C@@H]2CCCN(C)C2)cc2ccccc12. The van der Waals surface area contributed by atoms with Crippen molar-refractivity contribution < 1.29 is 9.53 Å². The van der Waals surface area contributed by atoms with Crippen LogP contribution in [0.2, 0.25) is 0 Å². The molecule has 22 heavy (non-hydrogen) atoms. The molecule has 1 atom stereocenters. The number of fused-ring (bicyclic) bond motifs is 1. The Hall–Kier alpha value is -2.14. The molecule has 1 aromatic heterocycles. The number of nitrogens with one attached hydrogen (secondary N) is 1. The molecular formula is C17H21N3O2. The number of hydrogen-bond acceptors (Lipinski definition) is 4. The number of likely N-dealkylation sites (tertiary alicyclic amines) is 1. The van der Waals surface area contributed by atoms with Crippen LogP contribution in [0.4, 0.5) is 0 Å². The highest BCUT2D eigenvalue weighted by atomic mass is 16.5. The number of likely N-dealkylation sites (N-methyl/N-ethyl adjacent to an activating group) is 1. The molecule has 0 radical (unpaired) electrons. The van der Waals surface area contributed by atoms with Crippen molar-refractivity contribution in [2.24, 2.45) is 0 Å². The number of amides is 1. The molecule has 0 saturated carbocycles. The highest BCUT2D eigenvalue weighted by molar-refractivity contribution is 5.98. The molecule has 1 aromatic carbocycles. The summed E-state index contributed by atoms with van der Waals surface area (Å²) >= 11 is 0. The van der Waals surface area contributed by atoms with Gasteiger partial charge in [-0.05, 0) is 44.0 Å². The van der Waals surface area contributed by atoms with E-state index in [-0.39, 0.29) is 11.9 Å². The molecule has 0 bridgehead atoms. The smallest absolute Gasteiger partial charge is 0.270 e. The maximum absolute atomic E-state index is 12.5. The summed E-state index contributed by atoms with van der Waals surface area (Å²) in [4.78, 5) is 19.1. The number of aromatic nitrogens is 1. The van der Waals surface area contributed by atoms with Crippen LogP contribution in [-0.2, 0) is 0 Å². The minimum atomic E-state index is -0.135. The Morgan fingerprint density at radius 3 is 3.00 bits per heavy atom. The van der Waals surface area contributed by atoms with Gasteiger partial charge in [-0.25, -0.2) is 4.98 Å². The van der Waals surface area contributed by atoms with E-state index in [0.29, 0.717) is 11.6 Å². The third-order valence-electron chi connectivity index (χ3n) is 4.09. The van der Waals surface area contributed by atoms with Crippen LogP contribution in [0.25, 0.3) is 10.8 Å². The van der Waals surface area contributed by atoms with E-state index in [1.807, 2.05) is 30.3 Å². The molecular weight excluding hydrogens is 278 g/mol. The standard InChI is InChI=1S/C17H21N3O2/c1-20-9-5-7-13(11-20)18-16(21)15-10-12-6-3-4-8-14(12)17(19-15)22-2/h3-4,6,8,10,13H,5,7,9,11H2,1-2H3,(H,18,21)/t13-/m1/s1. The summed E-state index contributed by atoms with van der Waals surface area (Å²) in [7, 11) is 3.65. The molecule has 5 nitrogen and oxygen atoms in total. The molecule has 1 N–H and O–H groups in total. The van der Waals surface area contributed by atoms with Crippen LogP contribution >= 0.6 is 0 Å². The zero-order valence-corrected chi connectivity index (χ0v) is 13.0. The molecule has 3 rings (SSSR count). The Bertz CT molecular complexity index is 687. The lowest BCUT2D eigenvalue weighted by atomic mass is 10.1. The lowest BCUT2D eigenvalue weighted by Gasteiger charge is -2.30. The highest BCUT2D eigenvalue weighted by Gasteiger charge is 2.21. The molecule has 0 aliphatic carbocycles. The number of piperidine rings is 1. The summed E-state index contributed by atoms with van der Waals surface area (Å²) in [6.07, 6.45) is 2.12. The number of benzene rings is 1. The van der Waals surface area contributed by atoms with E-state index in [4.69, 9.17) is 4.74 Å². The molecule has 1 aliphatic heterocycles. The van der Waals surface area contributed by atoms with Crippen LogP contribution in [0.1, 0.15) is 23.3 Å². The lowest BCUT2D eigenvalue weighted by molar-refractivity contribution is 0.0907. The van der Waals surface area contributed by atoms with Crippen molar-refractivity contribution in [1.82, 2.24) is 15.2 Å². The zero-order valence-electron chi connectivity index (χ0n) is 13.0. The van der Waals surface area contributed by atoms with Gasteiger partial charge in [0.25, 0.3) is 5.91 Å². The van der Waals surface area contributed by atoms with Gasteiger partial charge >= 0.3 is 0 Å². The van der Waals surface area contributed by atoms with Gasteiger partial charge in [0.1, 0.15) is 5.69 Å². The van der Waals surface area contributed by atoms with Gasteiger partial charge in [0.05, 0.1) is 7.11 Å². The van der Waals surface area contributed by atoms with Crippen LogP contribution in [-0.4, -0.2) is 49.1 Å². The van der Waals surface area contributed by atoms with Crippen LogP contribution in [0, 0.1) is 0 Å². The highest BCUT2D eigenvalue weighted by Crippen LogP contribution is 2.24.